The third-order valence-electron chi connectivity index (χ3n) is 3.75. The molecule has 1 aromatic rings. The second-order valence-corrected chi connectivity index (χ2v) is 5.74. The van der Waals surface area contributed by atoms with Crippen molar-refractivity contribution in [2.75, 3.05) is 6.54 Å². The Hall–Kier alpha value is -1.23. The van der Waals surface area contributed by atoms with Gasteiger partial charge in [-0.2, -0.15) is 5.10 Å². The lowest BCUT2D eigenvalue weighted by molar-refractivity contribution is -0.118. The second-order valence-electron chi connectivity index (χ2n) is 5.74. The molecule has 5 heteroatoms. The van der Waals surface area contributed by atoms with Gasteiger partial charge in [0.2, 0.25) is 0 Å². The average Bonchev–Trinajstić information content (AvgIpc) is 2.79. The fourth-order valence-corrected chi connectivity index (χ4v) is 2.83. The van der Waals surface area contributed by atoms with E-state index in [0.717, 1.165) is 25.3 Å². The van der Waals surface area contributed by atoms with Crippen molar-refractivity contribution in [2.45, 2.75) is 65.1 Å². The highest BCUT2D eigenvalue weighted by molar-refractivity contribution is 5.76. The molecule has 1 aliphatic rings. The number of hydrogen-bond donors (Lipinski definition) is 0. The number of carbonyl (C=O) groups excluding carboxylic acids is 1. The Morgan fingerprint density at radius 2 is 2.26 bits per heavy atom. The third-order valence-corrected chi connectivity index (χ3v) is 3.75. The predicted molar refractivity (Wildman–Crippen MR) is 73.8 cm³/mol. The van der Waals surface area contributed by atoms with Crippen LogP contribution in [0.3, 0.4) is 0 Å². The highest BCUT2D eigenvalue weighted by atomic mass is 16.1. The minimum absolute atomic E-state index is 0.280. The molecule has 1 aromatic heterocycles. The summed E-state index contributed by atoms with van der Waals surface area (Å²) in [5.74, 6) is 1.28. The van der Waals surface area contributed by atoms with E-state index in [1.54, 1.807) is 13.3 Å². The van der Waals surface area contributed by atoms with Crippen molar-refractivity contribution in [3.05, 3.63) is 12.2 Å². The van der Waals surface area contributed by atoms with Gasteiger partial charge in [-0.15, -0.1) is 0 Å². The number of ketones is 1. The highest BCUT2D eigenvalue weighted by Gasteiger charge is 2.25. The molecule has 0 N–H and O–H groups in total. The van der Waals surface area contributed by atoms with E-state index in [1.807, 2.05) is 4.68 Å². The summed E-state index contributed by atoms with van der Waals surface area (Å²) in [6, 6.07) is 0.706. The van der Waals surface area contributed by atoms with Crippen LogP contribution < -0.4 is 0 Å². The molecule has 0 saturated carbocycles. The molecule has 2 heterocycles. The van der Waals surface area contributed by atoms with E-state index in [4.69, 9.17) is 0 Å². The van der Waals surface area contributed by atoms with Crippen molar-refractivity contribution >= 4 is 5.78 Å². The number of rotatable bonds is 5. The van der Waals surface area contributed by atoms with Gasteiger partial charge in [0.1, 0.15) is 17.9 Å². The normalized spacial score (nSPS) is 20.9. The van der Waals surface area contributed by atoms with Crippen LogP contribution in [0.4, 0.5) is 0 Å². The first-order valence-corrected chi connectivity index (χ1v) is 7.19. The zero-order valence-electron chi connectivity index (χ0n) is 12.2. The lowest BCUT2D eigenvalue weighted by Crippen LogP contribution is -2.40. The number of piperidine rings is 1. The summed E-state index contributed by atoms with van der Waals surface area (Å²) in [6.07, 6.45) is 5.85. The number of nitrogens with zero attached hydrogens (tertiary/aromatic N) is 4. The number of aromatic nitrogens is 3. The van der Waals surface area contributed by atoms with Gasteiger partial charge in [0.05, 0.1) is 6.54 Å². The Labute approximate surface area is 115 Å². The topological polar surface area (TPSA) is 51.0 Å². The van der Waals surface area contributed by atoms with E-state index in [9.17, 15) is 4.79 Å². The maximum atomic E-state index is 11.4. The third kappa shape index (κ3) is 3.62. The summed E-state index contributed by atoms with van der Waals surface area (Å²) in [7, 11) is 0. The van der Waals surface area contributed by atoms with Crippen molar-refractivity contribution in [2.24, 2.45) is 0 Å². The molecule has 2 rings (SSSR count). The minimum Gasteiger partial charge on any atom is -0.300 e. The van der Waals surface area contributed by atoms with E-state index in [1.165, 1.54) is 12.8 Å². The quantitative estimate of drug-likeness (QED) is 0.818. The average molecular weight is 264 g/mol. The Morgan fingerprint density at radius 3 is 2.95 bits per heavy atom. The van der Waals surface area contributed by atoms with Gasteiger partial charge >= 0.3 is 0 Å². The zero-order valence-corrected chi connectivity index (χ0v) is 12.2. The van der Waals surface area contributed by atoms with Crippen LogP contribution in [0.15, 0.2) is 6.33 Å². The Bertz CT molecular complexity index is 427. The predicted octanol–water partition coefficient (Wildman–Crippen LogP) is 2.19. The monoisotopic (exact) mass is 264 g/mol. The van der Waals surface area contributed by atoms with Crippen LogP contribution in [-0.4, -0.2) is 38.0 Å². The maximum absolute atomic E-state index is 11.4. The minimum atomic E-state index is 0.280. The zero-order chi connectivity index (χ0) is 13.8. The van der Waals surface area contributed by atoms with Gasteiger partial charge in [0.15, 0.2) is 0 Å². The van der Waals surface area contributed by atoms with E-state index in [2.05, 4.69) is 28.8 Å². The van der Waals surface area contributed by atoms with E-state index >= 15 is 0 Å². The molecule has 1 aliphatic heterocycles. The van der Waals surface area contributed by atoms with Gasteiger partial charge in [-0.3, -0.25) is 9.69 Å². The first kappa shape index (κ1) is 14.2. The van der Waals surface area contributed by atoms with Crippen LogP contribution >= 0.6 is 0 Å². The molecule has 0 bridgehead atoms. The summed E-state index contributed by atoms with van der Waals surface area (Å²) in [4.78, 5) is 18.1. The molecule has 0 amide bonds. The summed E-state index contributed by atoms with van der Waals surface area (Å²) < 4.78 is 1.97. The van der Waals surface area contributed by atoms with Crippen molar-refractivity contribution in [3.8, 4) is 0 Å². The molecule has 106 valence electrons. The van der Waals surface area contributed by atoms with Crippen molar-refractivity contribution in [1.82, 2.24) is 19.7 Å². The van der Waals surface area contributed by atoms with E-state index in [-0.39, 0.29) is 5.78 Å². The number of Topliss-reactive ketones (excluding diaryl/α,β-unsaturated/α-hetero) is 1. The van der Waals surface area contributed by atoms with Crippen LogP contribution in [0.1, 0.15) is 58.3 Å². The van der Waals surface area contributed by atoms with Crippen LogP contribution in [0.25, 0.3) is 0 Å². The molecule has 0 aliphatic carbocycles. The molecular formula is C14H24N4O. The molecule has 1 unspecified atom stereocenters. The van der Waals surface area contributed by atoms with Crippen LogP contribution in [0.2, 0.25) is 0 Å². The molecule has 19 heavy (non-hydrogen) atoms. The Balaban J connectivity index is 2.06. The Kier molecular flexibility index (Phi) is 4.69. The van der Waals surface area contributed by atoms with Crippen molar-refractivity contribution < 1.29 is 4.79 Å². The molecule has 5 nitrogen and oxygen atoms in total. The maximum Gasteiger partial charge on any atom is 0.141 e. The molecule has 1 fully saturated rings. The summed E-state index contributed by atoms with van der Waals surface area (Å²) >= 11 is 0. The van der Waals surface area contributed by atoms with E-state index < -0.39 is 0 Å². The first-order valence-electron chi connectivity index (χ1n) is 7.19. The van der Waals surface area contributed by atoms with E-state index in [0.29, 0.717) is 18.5 Å². The fraction of sp³-hybridized carbons (Fsp3) is 0.786. The van der Waals surface area contributed by atoms with Gasteiger partial charge in [-0.05, 0) is 40.2 Å². The number of likely N-dealkylation sites (tertiary alicyclic amines) is 1. The second kappa shape index (κ2) is 6.28. The summed E-state index contributed by atoms with van der Waals surface area (Å²) in [5.41, 5.74) is 0. The van der Waals surface area contributed by atoms with Gasteiger partial charge in [-0.25, -0.2) is 9.67 Å². The largest absolute Gasteiger partial charge is 0.300 e. The highest BCUT2D eigenvalue weighted by Crippen LogP contribution is 2.22. The molecule has 0 radical (unpaired) electrons. The molecule has 1 atom stereocenters. The summed E-state index contributed by atoms with van der Waals surface area (Å²) in [5, 5.41) is 4.28. The SMILES string of the molecule is CC(=O)CC1CCCCN1Cc1ncnn1C(C)C. The lowest BCUT2D eigenvalue weighted by Gasteiger charge is -2.35. The van der Waals surface area contributed by atoms with Crippen LogP contribution in [0, 0.1) is 0 Å². The Morgan fingerprint density at radius 1 is 1.47 bits per heavy atom. The smallest absolute Gasteiger partial charge is 0.141 e. The van der Waals surface area contributed by atoms with Crippen molar-refractivity contribution in [1.29, 1.82) is 0 Å². The molecule has 1 saturated heterocycles. The van der Waals surface area contributed by atoms with Gasteiger partial charge in [-0.1, -0.05) is 6.42 Å². The summed E-state index contributed by atoms with van der Waals surface area (Å²) in [6.45, 7) is 7.77. The van der Waals surface area contributed by atoms with Gasteiger partial charge in [0.25, 0.3) is 0 Å². The fourth-order valence-electron chi connectivity index (χ4n) is 2.83. The molecule has 0 spiro atoms. The molecular weight excluding hydrogens is 240 g/mol. The number of hydrogen-bond acceptors (Lipinski definition) is 4. The van der Waals surface area contributed by atoms with Gasteiger partial charge in [0, 0.05) is 18.5 Å². The molecule has 0 aromatic carbocycles. The lowest BCUT2D eigenvalue weighted by atomic mass is 9.98. The van der Waals surface area contributed by atoms with Crippen LogP contribution in [0.5, 0.6) is 0 Å². The van der Waals surface area contributed by atoms with Crippen molar-refractivity contribution in [3.63, 3.8) is 0 Å². The standard InChI is InChI=1S/C14H24N4O/c1-11(2)18-14(15-10-16-18)9-17-7-5-4-6-13(17)8-12(3)19/h10-11,13H,4-9H2,1-3H3. The number of carbonyl (C=O) groups is 1. The first-order chi connectivity index (χ1) is 9.08. The van der Waals surface area contributed by atoms with Gasteiger partial charge < -0.3 is 0 Å². The van der Waals surface area contributed by atoms with Crippen LogP contribution in [-0.2, 0) is 11.3 Å².